The number of fused-ring (bicyclic) bond motifs is 1. The molecule has 0 aromatic heterocycles. The third-order valence-corrected chi connectivity index (χ3v) is 7.87. The molecule has 0 bridgehead atoms. The van der Waals surface area contributed by atoms with E-state index in [2.05, 4.69) is 41.5 Å². The van der Waals surface area contributed by atoms with Crippen LogP contribution in [0.15, 0.2) is 0 Å². The first-order valence-corrected chi connectivity index (χ1v) is 13.0. The van der Waals surface area contributed by atoms with Crippen molar-refractivity contribution in [1.29, 1.82) is 0 Å². The van der Waals surface area contributed by atoms with Crippen LogP contribution in [0, 0.1) is 38.5 Å². The summed E-state index contributed by atoms with van der Waals surface area (Å²) in [5.74, 6) is 4.04. The number of hydrogen-bond acceptors (Lipinski definition) is 2. The molecular formula is C29H52O2Pb. The van der Waals surface area contributed by atoms with Crippen LogP contribution in [0.25, 0.3) is 0 Å². The molecule has 2 radical (unpaired) electrons. The van der Waals surface area contributed by atoms with E-state index in [0.717, 1.165) is 59.5 Å². The van der Waals surface area contributed by atoms with E-state index >= 15 is 0 Å². The number of aromatic hydroxyl groups is 1. The number of ether oxygens (including phenoxy) is 1. The Balaban J connectivity index is 0.00000512. The van der Waals surface area contributed by atoms with Gasteiger partial charge in [0.2, 0.25) is 0 Å². The van der Waals surface area contributed by atoms with Crippen LogP contribution in [0.5, 0.6) is 11.5 Å². The van der Waals surface area contributed by atoms with Gasteiger partial charge < -0.3 is 9.84 Å². The summed E-state index contributed by atoms with van der Waals surface area (Å²) in [7, 11) is 0. The topological polar surface area (TPSA) is 29.5 Å². The van der Waals surface area contributed by atoms with Crippen LogP contribution in [0.1, 0.15) is 121 Å². The molecule has 1 aliphatic rings. The van der Waals surface area contributed by atoms with Crippen molar-refractivity contribution in [3.05, 3.63) is 22.3 Å². The average Bonchev–Trinajstić information content (AvgIpc) is 2.70. The molecule has 0 unspecified atom stereocenters. The Kier molecular flexibility index (Phi) is 12.6. The summed E-state index contributed by atoms with van der Waals surface area (Å²) >= 11 is 0. The van der Waals surface area contributed by atoms with Crippen molar-refractivity contribution >= 4 is 27.3 Å². The van der Waals surface area contributed by atoms with Crippen molar-refractivity contribution in [1.82, 2.24) is 0 Å². The van der Waals surface area contributed by atoms with E-state index in [-0.39, 0.29) is 32.9 Å². The SMILES string of the molecule is Cc1c(C)c2c(c(C)c1O)CC[C@@](C)(CCC[C@H](C)CCC[C@H](C)CCCC(C)C)O2.[PbH2]. The van der Waals surface area contributed by atoms with E-state index in [0.29, 0.717) is 5.75 Å². The van der Waals surface area contributed by atoms with Crippen LogP contribution in [-0.4, -0.2) is 38.0 Å². The van der Waals surface area contributed by atoms with Crippen LogP contribution in [0.3, 0.4) is 0 Å². The zero-order valence-electron chi connectivity index (χ0n) is 22.6. The van der Waals surface area contributed by atoms with Crippen molar-refractivity contribution < 1.29 is 9.84 Å². The molecule has 32 heavy (non-hydrogen) atoms. The summed E-state index contributed by atoms with van der Waals surface area (Å²) < 4.78 is 6.60. The molecule has 0 saturated carbocycles. The van der Waals surface area contributed by atoms with Crippen LogP contribution in [-0.2, 0) is 6.42 Å². The molecule has 184 valence electrons. The molecule has 0 saturated heterocycles. The summed E-state index contributed by atoms with van der Waals surface area (Å²) in [5.41, 5.74) is 4.23. The van der Waals surface area contributed by atoms with Gasteiger partial charge in [0.25, 0.3) is 0 Å². The minimum absolute atomic E-state index is 0. The Morgan fingerprint density at radius 1 is 0.812 bits per heavy atom. The molecule has 1 aliphatic heterocycles. The van der Waals surface area contributed by atoms with Crippen molar-refractivity contribution in [2.24, 2.45) is 17.8 Å². The number of benzene rings is 1. The van der Waals surface area contributed by atoms with Gasteiger partial charge in [0.05, 0.1) is 0 Å². The molecule has 2 rings (SSSR count). The van der Waals surface area contributed by atoms with E-state index in [1.807, 2.05) is 13.8 Å². The summed E-state index contributed by atoms with van der Waals surface area (Å²) in [5, 5.41) is 10.4. The van der Waals surface area contributed by atoms with Crippen molar-refractivity contribution in [2.75, 3.05) is 0 Å². The predicted octanol–water partition coefficient (Wildman–Crippen LogP) is 7.92. The standard InChI is InChI=1S/C29H50O2.Pb.2H/c1-20(2)12-9-13-21(3)14-10-15-22(4)16-11-18-29(8)19-17-26-25(7)27(30)23(5)24(6)28(26)31-29;;;/h20-22,30H,9-19H2,1-8H3;;;/t21-,22-,29-;;;/m1.../s1. The summed E-state index contributed by atoms with van der Waals surface area (Å²) in [6.45, 7) is 17.9. The Bertz CT molecular complexity index is 712. The van der Waals surface area contributed by atoms with Gasteiger partial charge in [-0.25, -0.2) is 0 Å². The molecule has 1 N–H and O–H groups in total. The molecule has 2 nitrogen and oxygen atoms in total. The monoisotopic (exact) mass is 640 g/mol. The summed E-state index contributed by atoms with van der Waals surface area (Å²) in [6.07, 6.45) is 14.1. The zero-order valence-corrected chi connectivity index (χ0v) is 28.1. The van der Waals surface area contributed by atoms with Gasteiger partial charge in [-0.3, -0.25) is 0 Å². The molecule has 1 aromatic carbocycles. The van der Waals surface area contributed by atoms with Gasteiger partial charge >= 0.3 is 27.3 Å². The number of phenols is 1. The van der Waals surface area contributed by atoms with Gasteiger partial charge in [-0.1, -0.05) is 72.6 Å². The zero-order chi connectivity index (χ0) is 23.2. The van der Waals surface area contributed by atoms with Crippen LogP contribution < -0.4 is 4.74 Å². The third-order valence-electron chi connectivity index (χ3n) is 7.87. The summed E-state index contributed by atoms with van der Waals surface area (Å²) in [6, 6.07) is 0. The fourth-order valence-electron chi connectivity index (χ4n) is 5.27. The maximum atomic E-state index is 10.4. The quantitative estimate of drug-likeness (QED) is 0.236. The second-order valence-corrected chi connectivity index (χ2v) is 11.4. The van der Waals surface area contributed by atoms with E-state index < -0.39 is 0 Å². The van der Waals surface area contributed by atoms with Gasteiger partial charge in [0.1, 0.15) is 17.1 Å². The fourth-order valence-corrected chi connectivity index (χ4v) is 5.27. The molecule has 0 spiro atoms. The average molecular weight is 640 g/mol. The Morgan fingerprint density at radius 3 is 1.91 bits per heavy atom. The summed E-state index contributed by atoms with van der Waals surface area (Å²) in [4.78, 5) is 0. The number of rotatable bonds is 12. The second kappa shape index (κ2) is 13.6. The Labute approximate surface area is 219 Å². The first-order chi connectivity index (χ1) is 14.5. The van der Waals surface area contributed by atoms with Gasteiger partial charge in [0.15, 0.2) is 0 Å². The van der Waals surface area contributed by atoms with Crippen LogP contribution >= 0.6 is 0 Å². The fraction of sp³-hybridized carbons (Fsp3) is 0.793. The molecule has 0 fully saturated rings. The molecule has 3 atom stereocenters. The normalized spacial score (nSPS) is 19.8. The molecule has 3 heteroatoms. The third kappa shape index (κ3) is 8.51. The van der Waals surface area contributed by atoms with Gasteiger partial charge in [-0.2, -0.15) is 0 Å². The van der Waals surface area contributed by atoms with Gasteiger partial charge in [-0.05, 0) is 87.8 Å². The number of phenolic OH excluding ortho intramolecular Hbond substituents is 1. The van der Waals surface area contributed by atoms with Crippen molar-refractivity contribution in [3.63, 3.8) is 0 Å². The van der Waals surface area contributed by atoms with Crippen LogP contribution in [0.2, 0.25) is 0 Å². The van der Waals surface area contributed by atoms with Gasteiger partial charge in [-0.15, -0.1) is 0 Å². The van der Waals surface area contributed by atoms with Gasteiger partial charge in [0, 0.05) is 5.56 Å². The van der Waals surface area contributed by atoms with E-state index in [9.17, 15) is 5.11 Å². The van der Waals surface area contributed by atoms with Crippen LogP contribution in [0.4, 0.5) is 0 Å². The maximum absolute atomic E-state index is 10.4. The molecule has 0 amide bonds. The first-order valence-electron chi connectivity index (χ1n) is 13.0. The van der Waals surface area contributed by atoms with E-state index in [4.69, 9.17) is 4.74 Å². The molecule has 0 aliphatic carbocycles. The Morgan fingerprint density at radius 2 is 1.34 bits per heavy atom. The number of hydrogen-bond donors (Lipinski definition) is 1. The van der Waals surface area contributed by atoms with Crippen molar-refractivity contribution in [2.45, 2.75) is 132 Å². The molecule has 1 heterocycles. The predicted molar refractivity (Wildman–Crippen MR) is 143 cm³/mol. The first kappa shape index (κ1) is 29.8. The second-order valence-electron chi connectivity index (χ2n) is 11.4. The van der Waals surface area contributed by atoms with Crippen molar-refractivity contribution in [3.8, 4) is 11.5 Å². The Hall–Kier alpha value is -0.258. The van der Waals surface area contributed by atoms with E-state index in [1.165, 1.54) is 56.9 Å². The molecular weight excluding hydrogens is 588 g/mol. The van der Waals surface area contributed by atoms with E-state index in [1.54, 1.807) is 0 Å². The molecule has 1 aromatic rings. The minimum atomic E-state index is -0.0712.